The van der Waals surface area contributed by atoms with E-state index in [1.807, 2.05) is 0 Å². The van der Waals surface area contributed by atoms with Crippen molar-refractivity contribution in [3.63, 3.8) is 0 Å². The van der Waals surface area contributed by atoms with Crippen LogP contribution in [0.5, 0.6) is 5.75 Å². The van der Waals surface area contributed by atoms with Crippen molar-refractivity contribution < 1.29 is 22.7 Å². The molecule has 0 heterocycles. The molecule has 0 saturated carbocycles. The van der Waals surface area contributed by atoms with Crippen LogP contribution in [-0.4, -0.2) is 37.8 Å². The molecular formula is C13H17F3N2O2. The number of ether oxygens (including phenoxy) is 1. The van der Waals surface area contributed by atoms with Crippen molar-refractivity contribution in [2.75, 3.05) is 26.0 Å². The van der Waals surface area contributed by atoms with Crippen molar-refractivity contribution in [2.24, 2.45) is 0 Å². The van der Waals surface area contributed by atoms with Gasteiger partial charge in [0.15, 0.2) is 0 Å². The Labute approximate surface area is 115 Å². The van der Waals surface area contributed by atoms with E-state index >= 15 is 0 Å². The monoisotopic (exact) mass is 290 g/mol. The third-order valence-electron chi connectivity index (χ3n) is 2.48. The van der Waals surface area contributed by atoms with Crippen molar-refractivity contribution in [1.29, 1.82) is 0 Å². The molecule has 20 heavy (non-hydrogen) atoms. The maximum absolute atomic E-state index is 12.0. The van der Waals surface area contributed by atoms with Crippen LogP contribution in [-0.2, 0) is 4.79 Å². The minimum atomic E-state index is -4.68. The fraction of sp³-hybridized carbons (Fsp3) is 0.462. The molecule has 112 valence electrons. The summed E-state index contributed by atoms with van der Waals surface area (Å²) in [7, 11) is 3.38. The second kappa shape index (κ2) is 7.02. The van der Waals surface area contributed by atoms with Crippen molar-refractivity contribution >= 4 is 11.6 Å². The van der Waals surface area contributed by atoms with Crippen molar-refractivity contribution in [1.82, 2.24) is 4.90 Å². The highest BCUT2D eigenvalue weighted by atomic mass is 19.4. The Balaban J connectivity index is 2.33. The largest absolute Gasteiger partial charge is 0.573 e. The van der Waals surface area contributed by atoms with E-state index in [1.54, 1.807) is 14.1 Å². The Morgan fingerprint density at radius 1 is 1.25 bits per heavy atom. The Morgan fingerprint density at radius 3 is 2.35 bits per heavy atom. The van der Waals surface area contributed by atoms with Crippen LogP contribution in [0, 0.1) is 0 Å². The van der Waals surface area contributed by atoms with Crippen molar-refractivity contribution in [3.8, 4) is 5.75 Å². The zero-order valence-corrected chi connectivity index (χ0v) is 11.3. The van der Waals surface area contributed by atoms with Gasteiger partial charge in [0.1, 0.15) is 5.75 Å². The molecule has 7 heteroatoms. The van der Waals surface area contributed by atoms with Gasteiger partial charge in [0.05, 0.1) is 0 Å². The van der Waals surface area contributed by atoms with Crippen LogP contribution in [0.4, 0.5) is 18.9 Å². The quantitative estimate of drug-likeness (QED) is 0.819. The molecule has 0 aliphatic heterocycles. The lowest BCUT2D eigenvalue weighted by atomic mass is 10.2. The smallest absolute Gasteiger partial charge is 0.406 e. The van der Waals surface area contributed by atoms with E-state index in [2.05, 4.69) is 10.1 Å². The number of benzene rings is 1. The van der Waals surface area contributed by atoms with Gasteiger partial charge in [-0.1, -0.05) is 0 Å². The fourth-order valence-electron chi connectivity index (χ4n) is 1.47. The van der Waals surface area contributed by atoms with Gasteiger partial charge in [0, 0.05) is 32.7 Å². The van der Waals surface area contributed by atoms with Gasteiger partial charge in [-0.05, 0) is 30.7 Å². The molecule has 0 spiro atoms. The molecule has 1 rings (SSSR count). The number of rotatable bonds is 6. The second-order valence-corrected chi connectivity index (χ2v) is 4.39. The first-order valence-corrected chi connectivity index (χ1v) is 6.08. The summed E-state index contributed by atoms with van der Waals surface area (Å²) < 4.78 is 39.6. The summed E-state index contributed by atoms with van der Waals surface area (Å²) in [5.74, 6) is -0.216. The lowest BCUT2D eigenvalue weighted by Crippen LogP contribution is -2.22. The Morgan fingerprint density at radius 2 is 1.85 bits per heavy atom. The minimum absolute atomic E-state index is 0.0423. The van der Waals surface area contributed by atoms with E-state index in [9.17, 15) is 18.0 Å². The van der Waals surface area contributed by atoms with E-state index in [4.69, 9.17) is 0 Å². The first-order chi connectivity index (χ1) is 9.28. The molecule has 0 unspecified atom stereocenters. The number of alkyl halides is 3. The predicted octanol–water partition coefficient (Wildman–Crippen LogP) is 2.87. The van der Waals surface area contributed by atoms with Crippen LogP contribution in [0.15, 0.2) is 24.3 Å². The maximum atomic E-state index is 12.0. The second-order valence-electron chi connectivity index (χ2n) is 4.39. The molecule has 0 saturated heterocycles. The number of amides is 1. The number of anilines is 1. The molecule has 4 nitrogen and oxygen atoms in total. The summed E-state index contributed by atoms with van der Waals surface area (Å²) >= 11 is 0. The topological polar surface area (TPSA) is 41.6 Å². The minimum Gasteiger partial charge on any atom is -0.406 e. The molecule has 1 N–H and O–H groups in total. The molecule has 1 aromatic carbocycles. The number of halogens is 3. The average Bonchev–Trinajstić information content (AvgIpc) is 2.34. The Hall–Kier alpha value is -1.92. The third kappa shape index (κ3) is 6.31. The average molecular weight is 290 g/mol. The molecule has 0 fully saturated rings. The molecule has 0 radical (unpaired) electrons. The van der Waals surface area contributed by atoms with Crippen LogP contribution in [0.1, 0.15) is 12.8 Å². The van der Waals surface area contributed by atoms with Gasteiger partial charge in [-0.3, -0.25) is 4.79 Å². The lowest BCUT2D eigenvalue weighted by molar-refractivity contribution is -0.274. The van der Waals surface area contributed by atoms with Crippen LogP contribution >= 0.6 is 0 Å². The number of hydrogen-bond donors (Lipinski definition) is 1. The van der Waals surface area contributed by atoms with E-state index in [1.165, 1.54) is 29.2 Å². The summed E-state index contributed by atoms with van der Waals surface area (Å²) in [6.07, 6.45) is -3.60. The van der Waals surface area contributed by atoms with Crippen LogP contribution < -0.4 is 10.1 Å². The van der Waals surface area contributed by atoms with Crippen LogP contribution in [0.3, 0.4) is 0 Å². The third-order valence-corrected chi connectivity index (χ3v) is 2.48. The molecule has 0 aromatic heterocycles. The number of carbonyl (C=O) groups is 1. The fourth-order valence-corrected chi connectivity index (χ4v) is 1.47. The normalized spacial score (nSPS) is 11.1. The van der Waals surface area contributed by atoms with E-state index in [0.29, 0.717) is 25.1 Å². The molecule has 0 aliphatic carbocycles. The molecule has 1 aromatic rings. The first kappa shape index (κ1) is 16.1. The van der Waals surface area contributed by atoms with E-state index in [0.717, 1.165) is 0 Å². The summed E-state index contributed by atoms with van der Waals surface area (Å²) in [6, 6.07) is 5.46. The molecule has 0 atom stereocenters. The van der Waals surface area contributed by atoms with E-state index < -0.39 is 6.36 Å². The van der Waals surface area contributed by atoms with Gasteiger partial charge in [-0.2, -0.15) is 0 Å². The zero-order chi connectivity index (χ0) is 15.2. The predicted molar refractivity (Wildman–Crippen MR) is 69.5 cm³/mol. The SMILES string of the molecule is CN(C)C(=O)CCCNc1ccc(OC(F)(F)F)cc1. The van der Waals surface area contributed by atoms with E-state index in [-0.39, 0.29) is 11.7 Å². The molecule has 0 aliphatic rings. The molecular weight excluding hydrogens is 273 g/mol. The highest BCUT2D eigenvalue weighted by Crippen LogP contribution is 2.23. The van der Waals surface area contributed by atoms with Gasteiger partial charge < -0.3 is 15.0 Å². The number of nitrogens with zero attached hydrogens (tertiary/aromatic N) is 1. The molecule has 0 bridgehead atoms. The highest BCUT2D eigenvalue weighted by Gasteiger charge is 2.30. The Bertz CT molecular complexity index is 430. The zero-order valence-electron chi connectivity index (χ0n) is 11.3. The lowest BCUT2D eigenvalue weighted by Gasteiger charge is -2.11. The van der Waals surface area contributed by atoms with Gasteiger partial charge >= 0.3 is 6.36 Å². The van der Waals surface area contributed by atoms with Gasteiger partial charge in [0.2, 0.25) is 5.91 Å². The summed E-state index contributed by atoms with van der Waals surface area (Å²) in [5.41, 5.74) is 0.678. The number of hydrogen-bond acceptors (Lipinski definition) is 3. The summed E-state index contributed by atoms with van der Waals surface area (Å²) in [6.45, 7) is 0.569. The standard InChI is InChI=1S/C13H17F3N2O2/c1-18(2)12(19)4-3-9-17-10-5-7-11(8-6-10)20-13(14,15)16/h5-8,17H,3-4,9H2,1-2H3. The van der Waals surface area contributed by atoms with Gasteiger partial charge in [-0.25, -0.2) is 0 Å². The molecule has 1 amide bonds. The highest BCUT2D eigenvalue weighted by molar-refractivity contribution is 5.75. The van der Waals surface area contributed by atoms with Crippen molar-refractivity contribution in [3.05, 3.63) is 24.3 Å². The van der Waals surface area contributed by atoms with Gasteiger partial charge in [-0.15, -0.1) is 13.2 Å². The number of nitrogens with one attached hydrogen (secondary N) is 1. The van der Waals surface area contributed by atoms with Gasteiger partial charge in [0.25, 0.3) is 0 Å². The maximum Gasteiger partial charge on any atom is 0.573 e. The van der Waals surface area contributed by atoms with Crippen molar-refractivity contribution in [2.45, 2.75) is 19.2 Å². The van der Waals surface area contributed by atoms with Crippen LogP contribution in [0.25, 0.3) is 0 Å². The summed E-state index contributed by atoms with van der Waals surface area (Å²) in [4.78, 5) is 12.8. The number of carbonyl (C=O) groups excluding carboxylic acids is 1. The summed E-state index contributed by atoms with van der Waals surface area (Å²) in [5, 5.41) is 3.02. The first-order valence-electron chi connectivity index (χ1n) is 6.08. The Kier molecular flexibility index (Phi) is 5.66. The van der Waals surface area contributed by atoms with Crippen LogP contribution in [0.2, 0.25) is 0 Å².